The molecule has 1 aromatic carbocycles. The second-order valence-corrected chi connectivity index (χ2v) is 6.16. The van der Waals surface area contributed by atoms with Gasteiger partial charge in [0.25, 0.3) is 0 Å². The average molecular weight is 263 g/mol. The second kappa shape index (κ2) is 7.54. The Labute approximate surface area is 118 Å². The van der Waals surface area contributed by atoms with Gasteiger partial charge in [0.1, 0.15) is 5.75 Å². The number of hydrogen-bond acceptors (Lipinski definition) is 2. The quantitative estimate of drug-likeness (QED) is 0.717. The lowest BCUT2D eigenvalue weighted by Gasteiger charge is -2.25. The zero-order valence-electron chi connectivity index (χ0n) is 13.2. The van der Waals surface area contributed by atoms with Crippen LogP contribution in [0.15, 0.2) is 18.2 Å². The minimum atomic E-state index is 0.323. The van der Waals surface area contributed by atoms with Crippen molar-refractivity contribution in [3.63, 3.8) is 0 Å². The first-order chi connectivity index (χ1) is 8.98. The van der Waals surface area contributed by atoms with Crippen molar-refractivity contribution < 1.29 is 4.74 Å². The van der Waals surface area contributed by atoms with Crippen LogP contribution in [-0.4, -0.2) is 20.2 Å². The number of aryl methyl sites for hydroxylation is 2. The van der Waals surface area contributed by atoms with Gasteiger partial charge in [-0.1, -0.05) is 38.5 Å². The van der Waals surface area contributed by atoms with E-state index in [1.165, 1.54) is 24.0 Å². The first-order valence-corrected chi connectivity index (χ1v) is 7.33. The fraction of sp³-hybridized carbons (Fsp3) is 0.647. The zero-order chi connectivity index (χ0) is 14.3. The third-order valence-electron chi connectivity index (χ3n) is 3.54. The molecule has 0 atom stereocenters. The largest absolute Gasteiger partial charge is 0.496 e. The molecule has 0 aliphatic heterocycles. The molecule has 0 fully saturated rings. The minimum Gasteiger partial charge on any atom is -0.496 e. The van der Waals surface area contributed by atoms with Gasteiger partial charge in [-0.05, 0) is 49.8 Å². The van der Waals surface area contributed by atoms with Crippen molar-refractivity contribution in [1.82, 2.24) is 5.32 Å². The van der Waals surface area contributed by atoms with Gasteiger partial charge in [-0.3, -0.25) is 0 Å². The summed E-state index contributed by atoms with van der Waals surface area (Å²) in [7, 11) is 1.75. The Morgan fingerprint density at radius 1 is 1.26 bits per heavy atom. The van der Waals surface area contributed by atoms with Crippen LogP contribution in [0.1, 0.15) is 44.7 Å². The summed E-state index contributed by atoms with van der Waals surface area (Å²) in [5, 5.41) is 3.52. The van der Waals surface area contributed by atoms with Gasteiger partial charge in [0, 0.05) is 6.54 Å². The van der Waals surface area contributed by atoms with Crippen LogP contribution in [0.2, 0.25) is 0 Å². The summed E-state index contributed by atoms with van der Waals surface area (Å²) in [6.45, 7) is 11.2. The standard InChI is InChI=1S/C17H29NO/c1-6-11-18-13-17(3,4)10-9-15-12-14(2)7-8-16(15)19-5/h7-8,12,18H,6,9-11,13H2,1-5H3. The summed E-state index contributed by atoms with van der Waals surface area (Å²) in [5.41, 5.74) is 2.95. The van der Waals surface area contributed by atoms with Gasteiger partial charge in [0.15, 0.2) is 0 Å². The van der Waals surface area contributed by atoms with Crippen LogP contribution < -0.4 is 10.1 Å². The minimum absolute atomic E-state index is 0.323. The summed E-state index contributed by atoms with van der Waals surface area (Å²) in [5.74, 6) is 1.02. The Bertz CT molecular complexity index is 385. The Morgan fingerprint density at radius 3 is 2.63 bits per heavy atom. The monoisotopic (exact) mass is 263 g/mol. The summed E-state index contributed by atoms with van der Waals surface area (Å²) in [6, 6.07) is 6.43. The summed E-state index contributed by atoms with van der Waals surface area (Å²) in [6.07, 6.45) is 3.44. The molecule has 1 aromatic rings. The molecule has 0 radical (unpaired) electrons. The molecule has 0 spiro atoms. The van der Waals surface area contributed by atoms with E-state index in [1.807, 2.05) is 0 Å². The van der Waals surface area contributed by atoms with Gasteiger partial charge in [0.05, 0.1) is 7.11 Å². The molecule has 0 saturated carbocycles. The maximum atomic E-state index is 5.45. The van der Waals surface area contributed by atoms with Gasteiger partial charge >= 0.3 is 0 Å². The van der Waals surface area contributed by atoms with Crippen LogP contribution in [0.25, 0.3) is 0 Å². The van der Waals surface area contributed by atoms with E-state index < -0.39 is 0 Å². The molecule has 0 amide bonds. The Balaban J connectivity index is 2.57. The van der Waals surface area contributed by atoms with Crippen LogP contribution in [0.5, 0.6) is 5.75 Å². The molecule has 2 nitrogen and oxygen atoms in total. The van der Waals surface area contributed by atoms with Crippen molar-refractivity contribution in [2.24, 2.45) is 5.41 Å². The summed E-state index contributed by atoms with van der Waals surface area (Å²) in [4.78, 5) is 0. The third-order valence-corrected chi connectivity index (χ3v) is 3.54. The fourth-order valence-corrected chi connectivity index (χ4v) is 2.27. The first kappa shape index (κ1) is 16.0. The summed E-state index contributed by atoms with van der Waals surface area (Å²) < 4.78 is 5.45. The molecule has 0 aromatic heterocycles. The molecule has 19 heavy (non-hydrogen) atoms. The van der Waals surface area contributed by atoms with Gasteiger partial charge in [-0.2, -0.15) is 0 Å². The van der Waals surface area contributed by atoms with Crippen LogP contribution >= 0.6 is 0 Å². The van der Waals surface area contributed by atoms with Crippen molar-refractivity contribution >= 4 is 0 Å². The Kier molecular flexibility index (Phi) is 6.36. The highest BCUT2D eigenvalue weighted by Crippen LogP contribution is 2.27. The van der Waals surface area contributed by atoms with Crippen LogP contribution in [0.3, 0.4) is 0 Å². The van der Waals surface area contributed by atoms with Crippen molar-refractivity contribution in [3.8, 4) is 5.75 Å². The molecular formula is C17H29NO. The maximum absolute atomic E-state index is 5.45. The Hall–Kier alpha value is -1.02. The fourth-order valence-electron chi connectivity index (χ4n) is 2.27. The number of benzene rings is 1. The molecule has 0 heterocycles. The third kappa shape index (κ3) is 5.65. The van der Waals surface area contributed by atoms with Crippen LogP contribution in [0, 0.1) is 12.3 Å². The van der Waals surface area contributed by atoms with E-state index in [2.05, 4.69) is 51.2 Å². The molecular weight excluding hydrogens is 234 g/mol. The van der Waals surface area contributed by atoms with Crippen LogP contribution in [-0.2, 0) is 6.42 Å². The van der Waals surface area contributed by atoms with E-state index >= 15 is 0 Å². The van der Waals surface area contributed by atoms with Gasteiger partial charge < -0.3 is 10.1 Å². The molecule has 1 N–H and O–H groups in total. The van der Waals surface area contributed by atoms with E-state index in [0.717, 1.165) is 25.3 Å². The highest BCUT2D eigenvalue weighted by molar-refractivity contribution is 5.37. The zero-order valence-corrected chi connectivity index (χ0v) is 13.2. The van der Waals surface area contributed by atoms with E-state index in [0.29, 0.717) is 5.41 Å². The number of hydrogen-bond donors (Lipinski definition) is 1. The number of nitrogens with one attached hydrogen (secondary N) is 1. The molecule has 0 bridgehead atoms. The number of ether oxygens (including phenoxy) is 1. The topological polar surface area (TPSA) is 21.3 Å². The lowest BCUT2D eigenvalue weighted by molar-refractivity contribution is 0.313. The molecule has 0 aliphatic rings. The molecule has 0 saturated heterocycles. The average Bonchev–Trinajstić information content (AvgIpc) is 2.37. The lowest BCUT2D eigenvalue weighted by Crippen LogP contribution is -2.30. The van der Waals surface area contributed by atoms with E-state index in [9.17, 15) is 0 Å². The number of rotatable bonds is 8. The predicted octanol–water partition coefficient (Wildman–Crippen LogP) is 3.96. The van der Waals surface area contributed by atoms with E-state index in [1.54, 1.807) is 7.11 Å². The van der Waals surface area contributed by atoms with E-state index in [-0.39, 0.29) is 0 Å². The first-order valence-electron chi connectivity index (χ1n) is 7.33. The smallest absolute Gasteiger partial charge is 0.122 e. The van der Waals surface area contributed by atoms with Crippen molar-refractivity contribution in [3.05, 3.63) is 29.3 Å². The van der Waals surface area contributed by atoms with Crippen molar-refractivity contribution in [2.45, 2.75) is 47.0 Å². The van der Waals surface area contributed by atoms with Crippen molar-refractivity contribution in [2.75, 3.05) is 20.2 Å². The van der Waals surface area contributed by atoms with E-state index in [4.69, 9.17) is 4.74 Å². The molecule has 0 aliphatic carbocycles. The molecule has 2 heteroatoms. The summed E-state index contributed by atoms with van der Waals surface area (Å²) >= 11 is 0. The normalized spacial score (nSPS) is 11.6. The maximum Gasteiger partial charge on any atom is 0.122 e. The van der Waals surface area contributed by atoms with Crippen molar-refractivity contribution in [1.29, 1.82) is 0 Å². The van der Waals surface area contributed by atoms with Gasteiger partial charge in [-0.15, -0.1) is 0 Å². The molecule has 1 rings (SSSR count). The lowest BCUT2D eigenvalue weighted by atomic mass is 9.85. The van der Waals surface area contributed by atoms with Crippen LogP contribution in [0.4, 0.5) is 0 Å². The van der Waals surface area contributed by atoms with Gasteiger partial charge in [0.2, 0.25) is 0 Å². The SMILES string of the molecule is CCCNCC(C)(C)CCc1cc(C)ccc1OC. The number of methoxy groups -OCH3 is 1. The highest BCUT2D eigenvalue weighted by Gasteiger charge is 2.18. The van der Waals surface area contributed by atoms with Gasteiger partial charge in [-0.25, -0.2) is 0 Å². The molecule has 0 unspecified atom stereocenters. The predicted molar refractivity (Wildman–Crippen MR) is 83.0 cm³/mol. The molecule has 108 valence electrons. The highest BCUT2D eigenvalue weighted by atomic mass is 16.5. The second-order valence-electron chi connectivity index (χ2n) is 6.16. The Morgan fingerprint density at radius 2 is 2.00 bits per heavy atom.